The van der Waals surface area contributed by atoms with Gasteiger partial charge in [0.1, 0.15) is 0 Å². The van der Waals surface area contributed by atoms with Gasteiger partial charge in [0.2, 0.25) is 5.91 Å². The molecule has 1 saturated heterocycles. The molecule has 2 aliphatic heterocycles. The quantitative estimate of drug-likeness (QED) is 0.826. The second-order valence-corrected chi connectivity index (χ2v) is 8.20. The monoisotopic (exact) mass is 349 g/mol. The summed E-state index contributed by atoms with van der Waals surface area (Å²) in [6, 6.07) is 0. The fraction of sp³-hybridized carbons (Fsp3) is 0.533. The third-order valence-corrected chi connectivity index (χ3v) is 6.09. The van der Waals surface area contributed by atoms with Crippen LogP contribution in [0.4, 0.5) is 0 Å². The van der Waals surface area contributed by atoms with Gasteiger partial charge in [-0.05, 0) is 0 Å². The first-order valence-corrected chi connectivity index (χ1v) is 9.60. The minimum Gasteiger partial charge on any atom is -0.348 e. The van der Waals surface area contributed by atoms with E-state index >= 15 is 0 Å². The number of amidine groups is 1. The minimum atomic E-state index is 0.171. The van der Waals surface area contributed by atoms with E-state index in [0.29, 0.717) is 11.7 Å². The van der Waals surface area contributed by atoms with Crippen molar-refractivity contribution in [2.75, 3.05) is 32.7 Å². The highest BCUT2D eigenvalue weighted by Gasteiger charge is 2.26. The van der Waals surface area contributed by atoms with Crippen LogP contribution in [0, 0.1) is 0 Å². The van der Waals surface area contributed by atoms with Gasteiger partial charge in [0.15, 0.2) is 10.1 Å². The second kappa shape index (κ2) is 6.16. The van der Waals surface area contributed by atoms with Crippen LogP contribution in [-0.2, 0) is 11.2 Å². The Hall–Kier alpha value is -1.54. The highest BCUT2D eigenvalue weighted by molar-refractivity contribution is 8.14. The molecule has 0 bridgehead atoms. The van der Waals surface area contributed by atoms with E-state index in [1.54, 1.807) is 11.3 Å². The fourth-order valence-electron chi connectivity index (χ4n) is 2.91. The predicted molar refractivity (Wildman–Crippen MR) is 94.3 cm³/mol. The summed E-state index contributed by atoms with van der Waals surface area (Å²) in [5.41, 5.74) is 0.855. The van der Waals surface area contributed by atoms with Crippen molar-refractivity contribution in [1.82, 2.24) is 19.2 Å². The average Bonchev–Trinajstić information content (AvgIpc) is 3.23. The molecule has 4 rings (SSSR count). The zero-order chi connectivity index (χ0) is 15.8. The zero-order valence-electron chi connectivity index (χ0n) is 13.0. The number of piperazine rings is 1. The average molecular weight is 349 g/mol. The number of aromatic nitrogens is 2. The van der Waals surface area contributed by atoms with E-state index in [0.717, 1.165) is 48.5 Å². The van der Waals surface area contributed by atoms with Gasteiger partial charge >= 0.3 is 0 Å². The van der Waals surface area contributed by atoms with Crippen LogP contribution >= 0.6 is 23.1 Å². The molecule has 4 heterocycles. The Kier molecular flexibility index (Phi) is 4.02. The number of fused-ring (bicyclic) bond motifs is 1. The molecule has 2 aromatic rings. The smallest absolute Gasteiger partial charge is 0.228 e. The molecule has 0 N–H and O–H groups in total. The Labute approximate surface area is 143 Å². The van der Waals surface area contributed by atoms with Crippen LogP contribution in [0.1, 0.15) is 12.6 Å². The number of thiazole rings is 1. The molecule has 6 nitrogen and oxygen atoms in total. The molecule has 0 aromatic carbocycles. The third kappa shape index (κ3) is 3.10. The minimum absolute atomic E-state index is 0.171. The number of nitrogens with zero attached hydrogens (tertiary/aromatic N) is 5. The van der Waals surface area contributed by atoms with Gasteiger partial charge in [-0.1, -0.05) is 18.7 Å². The molecular formula is C15H19N5OS2. The maximum Gasteiger partial charge on any atom is 0.228 e. The molecule has 0 radical (unpaired) electrons. The number of carbonyl (C=O) groups is 1. The molecule has 0 saturated carbocycles. The van der Waals surface area contributed by atoms with Gasteiger partial charge in [0.05, 0.1) is 18.7 Å². The molecule has 1 fully saturated rings. The topological polar surface area (TPSA) is 53.2 Å². The van der Waals surface area contributed by atoms with E-state index in [4.69, 9.17) is 0 Å². The normalized spacial score (nSPS) is 22.0. The number of thioether (sulfide) groups is 1. The summed E-state index contributed by atoms with van der Waals surface area (Å²) >= 11 is 3.44. The largest absolute Gasteiger partial charge is 0.348 e. The van der Waals surface area contributed by atoms with Crippen molar-refractivity contribution in [3.63, 3.8) is 0 Å². The first-order chi connectivity index (χ1) is 11.2. The summed E-state index contributed by atoms with van der Waals surface area (Å²) in [5, 5.41) is 3.73. The molecule has 2 aliphatic rings. The maximum absolute atomic E-state index is 12.5. The Morgan fingerprint density at radius 1 is 1.35 bits per heavy atom. The molecule has 1 amide bonds. The van der Waals surface area contributed by atoms with Gasteiger partial charge in [-0.15, -0.1) is 11.3 Å². The zero-order valence-corrected chi connectivity index (χ0v) is 14.6. The van der Waals surface area contributed by atoms with Crippen LogP contribution in [-0.4, -0.2) is 68.2 Å². The van der Waals surface area contributed by atoms with Crippen LogP contribution in [0.5, 0.6) is 0 Å². The van der Waals surface area contributed by atoms with E-state index < -0.39 is 0 Å². The van der Waals surface area contributed by atoms with Crippen LogP contribution in [0.15, 0.2) is 22.8 Å². The second-order valence-electron chi connectivity index (χ2n) is 5.92. The number of carbonyl (C=O) groups excluding carboxylic acids is 1. The molecule has 23 heavy (non-hydrogen) atoms. The summed E-state index contributed by atoms with van der Waals surface area (Å²) < 4.78 is 1.97. The van der Waals surface area contributed by atoms with Gasteiger partial charge in [-0.25, -0.2) is 4.98 Å². The van der Waals surface area contributed by atoms with Gasteiger partial charge in [-0.3, -0.25) is 14.2 Å². The SMILES string of the molecule is C[C@H]1CN=C(N2CCN(C(=O)Cc3cn4ccsc4n3)CC2)S1. The summed E-state index contributed by atoms with van der Waals surface area (Å²) in [6.45, 7) is 6.42. The van der Waals surface area contributed by atoms with Crippen LogP contribution in [0.3, 0.4) is 0 Å². The lowest BCUT2D eigenvalue weighted by molar-refractivity contribution is -0.131. The van der Waals surface area contributed by atoms with Gasteiger partial charge in [0, 0.05) is 49.2 Å². The Balaban J connectivity index is 1.33. The van der Waals surface area contributed by atoms with E-state index in [-0.39, 0.29) is 5.91 Å². The number of imidazole rings is 1. The molecule has 8 heteroatoms. The number of amides is 1. The fourth-order valence-corrected chi connectivity index (χ4v) is 4.62. The van der Waals surface area contributed by atoms with Crippen molar-refractivity contribution in [1.29, 1.82) is 0 Å². The highest BCUT2D eigenvalue weighted by atomic mass is 32.2. The van der Waals surface area contributed by atoms with Crippen molar-refractivity contribution < 1.29 is 4.79 Å². The predicted octanol–water partition coefficient (Wildman–Crippen LogP) is 1.57. The van der Waals surface area contributed by atoms with E-state index in [9.17, 15) is 4.79 Å². The lowest BCUT2D eigenvalue weighted by Crippen LogP contribution is -2.50. The molecular weight excluding hydrogens is 330 g/mol. The van der Waals surface area contributed by atoms with Crippen LogP contribution in [0.25, 0.3) is 4.96 Å². The summed E-state index contributed by atoms with van der Waals surface area (Å²) in [6.07, 6.45) is 4.31. The first kappa shape index (κ1) is 15.0. The summed E-state index contributed by atoms with van der Waals surface area (Å²) in [7, 11) is 0. The van der Waals surface area contributed by atoms with Gasteiger partial charge < -0.3 is 9.80 Å². The van der Waals surface area contributed by atoms with Crippen LogP contribution < -0.4 is 0 Å². The number of aliphatic imine (C=N–C) groups is 1. The highest BCUT2D eigenvalue weighted by Crippen LogP contribution is 2.23. The number of hydrogen-bond acceptors (Lipinski definition) is 6. The van der Waals surface area contributed by atoms with Gasteiger partial charge in [-0.2, -0.15) is 0 Å². The van der Waals surface area contributed by atoms with E-state index in [1.165, 1.54) is 0 Å². The molecule has 1 atom stereocenters. The van der Waals surface area contributed by atoms with Crippen molar-refractivity contribution in [3.8, 4) is 0 Å². The third-order valence-electron chi connectivity index (χ3n) is 4.17. The van der Waals surface area contributed by atoms with Crippen molar-refractivity contribution in [3.05, 3.63) is 23.5 Å². The number of hydrogen-bond donors (Lipinski definition) is 0. The lowest BCUT2D eigenvalue weighted by Gasteiger charge is -2.35. The Bertz CT molecular complexity index is 715. The molecule has 0 spiro atoms. The maximum atomic E-state index is 12.5. The standard InChI is InChI=1S/C15H19N5OS2/c1-11-9-16-14(23-11)19-4-2-18(3-5-19)13(21)8-12-10-20-6-7-22-15(20)17-12/h6-7,10-11H,2-5,8-9H2,1H3/t11-/m0/s1. The summed E-state index contributed by atoms with van der Waals surface area (Å²) in [5.74, 6) is 0.171. The van der Waals surface area contributed by atoms with E-state index in [1.807, 2.05) is 38.8 Å². The van der Waals surface area contributed by atoms with Crippen molar-refractivity contribution in [2.24, 2.45) is 4.99 Å². The lowest BCUT2D eigenvalue weighted by atomic mass is 10.2. The van der Waals surface area contributed by atoms with Crippen LogP contribution in [0.2, 0.25) is 0 Å². The molecule has 2 aromatic heterocycles. The molecule has 122 valence electrons. The summed E-state index contributed by atoms with van der Waals surface area (Å²) in [4.78, 5) is 26.8. The first-order valence-electron chi connectivity index (χ1n) is 7.84. The van der Waals surface area contributed by atoms with Gasteiger partial charge in [0.25, 0.3) is 0 Å². The van der Waals surface area contributed by atoms with Crippen molar-refractivity contribution >= 4 is 39.1 Å². The Morgan fingerprint density at radius 2 is 2.17 bits per heavy atom. The van der Waals surface area contributed by atoms with E-state index in [2.05, 4.69) is 21.8 Å². The number of rotatable bonds is 2. The van der Waals surface area contributed by atoms with Crippen molar-refractivity contribution in [2.45, 2.75) is 18.6 Å². The Morgan fingerprint density at radius 3 is 2.87 bits per heavy atom. The molecule has 0 aliphatic carbocycles. The molecule has 0 unspecified atom stereocenters.